The Morgan fingerprint density at radius 1 is 0.955 bits per heavy atom. The molecule has 3 heteroatoms. The fourth-order valence-corrected chi connectivity index (χ4v) is 2.88. The van der Waals surface area contributed by atoms with Crippen LogP contribution in [0.15, 0.2) is 36.4 Å². The predicted molar refractivity (Wildman–Crippen MR) is 101 cm³/mol. The Labute approximate surface area is 139 Å². The Morgan fingerprint density at radius 3 is 2.18 bits per heavy atom. The van der Waals surface area contributed by atoms with Gasteiger partial charge in [-0.05, 0) is 73.3 Å². The first-order chi connectivity index (χ1) is 10.4. The molecule has 0 aliphatic rings. The highest BCUT2D eigenvalue weighted by atomic mass is 32.1. The number of rotatable bonds is 3. The van der Waals surface area contributed by atoms with Gasteiger partial charge in [-0.3, -0.25) is 0 Å². The average molecular weight is 312 g/mol. The fraction of sp³-hybridized carbons (Fsp3) is 0.316. The van der Waals surface area contributed by atoms with Crippen molar-refractivity contribution in [1.29, 1.82) is 0 Å². The molecule has 2 aromatic rings. The highest BCUT2D eigenvalue weighted by Gasteiger charge is 2.10. The van der Waals surface area contributed by atoms with Crippen molar-refractivity contribution in [2.45, 2.75) is 40.5 Å². The third-order valence-corrected chi connectivity index (χ3v) is 3.85. The molecule has 0 bridgehead atoms. The van der Waals surface area contributed by atoms with E-state index >= 15 is 0 Å². The maximum atomic E-state index is 5.49. The number of para-hydroxylation sites is 1. The smallest absolute Gasteiger partial charge is 0.175 e. The van der Waals surface area contributed by atoms with Crippen LogP contribution < -0.4 is 10.6 Å². The van der Waals surface area contributed by atoms with E-state index < -0.39 is 0 Å². The largest absolute Gasteiger partial charge is 0.332 e. The number of hydrogen-bond acceptors (Lipinski definition) is 1. The van der Waals surface area contributed by atoms with Crippen LogP contribution in [0, 0.1) is 20.8 Å². The Kier molecular flexibility index (Phi) is 5.19. The molecule has 2 rings (SSSR count). The van der Waals surface area contributed by atoms with Crippen LogP contribution in [0.4, 0.5) is 11.4 Å². The van der Waals surface area contributed by atoms with Crippen LogP contribution in [-0.4, -0.2) is 5.11 Å². The van der Waals surface area contributed by atoms with E-state index in [4.69, 9.17) is 12.2 Å². The molecular formula is C19H24N2S. The second-order valence-electron chi connectivity index (χ2n) is 6.15. The molecule has 0 atom stereocenters. The zero-order valence-corrected chi connectivity index (χ0v) is 14.8. The molecule has 22 heavy (non-hydrogen) atoms. The minimum Gasteiger partial charge on any atom is -0.332 e. The van der Waals surface area contributed by atoms with Crippen molar-refractivity contribution in [3.8, 4) is 0 Å². The molecule has 0 aliphatic heterocycles. The summed E-state index contributed by atoms with van der Waals surface area (Å²) in [5.74, 6) is 0.450. The van der Waals surface area contributed by atoms with Gasteiger partial charge in [-0.25, -0.2) is 0 Å². The lowest BCUT2D eigenvalue weighted by atomic mass is 9.98. The van der Waals surface area contributed by atoms with Gasteiger partial charge in [0.25, 0.3) is 0 Å². The summed E-state index contributed by atoms with van der Waals surface area (Å²) < 4.78 is 0. The summed E-state index contributed by atoms with van der Waals surface area (Å²) >= 11 is 5.49. The van der Waals surface area contributed by atoms with E-state index in [1.54, 1.807) is 0 Å². The topological polar surface area (TPSA) is 24.1 Å². The lowest BCUT2D eigenvalue weighted by molar-refractivity contribution is 0.868. The Hall–Kier alpha value is -1.87. The van der Waals surface area contributed by atoms with Crippen LogP contribution in [0.2, 0.25) is 0 Å². The molecular weight excluding hydrogens is 288 g/mol. The van der Waals surface area contributed by atoms with Gasteiger partial charge in [-0.2, -0.15) is 0 Å². The summed E-state index contributed by atoms with van der Waals surface area (Å²) in [5.41, 5.74) is 7.07. The number of aryl methyl sites for hydroxylation is 3. The molecule has 0 saturated heterocycles. The molecule has 0 amide bonds. The lowest BCUT2D eigenvalue weighted by Crippen LogP contribution is -2.21. The van der Waals surface area contributed by atoms with Gasteiger partial charge < -0.3 is 10.6 Å². The normalized spacial score (nSPS) is 10.6. The van der Waals surface area contributed by atoms with Gasteiger partial charge in [-0.15, -0.1) is 0 Å². The number of anilines is 2. The Morgan fingerprint density at radius 2 is 1.59 bits per heavy atom. The van der Waals surface area contributed by atoms with Gasteiger partial charge in [-0.1, -0.05) is 38.1 Å². The van der Waals surface area contributed by atoms with E-state index in [1.165, 1.54) is 22.3 Å². The first-order valence-electron chi connectivity index (χ1n) is 7.62. The number of thiocarbonyl (C=S) groups is 1. The highest BCUT2D eigenvalue weighted by Crippen LogP contribution is 2.27. The van der Waals surface area contributed by atoms with Crippen molar-refractivity contribution in [2.24, 2.45) is 0 Å². The first kappa shape index (κ1) is 16.5. The number of benzene rings is 2. The van der Waals surface area contributed by atoms with E-state index in [-0.39, 0.29) is 0 Å². The quantitative estimate of drug-likeness (QED) is 0.727. The van der Waals surface area contributed by atoms with E-state index in [2.05, 4.69) is 81.7 Å². The summed E-state index contributed by atoms with van der Waals surface area (Å²) in [6.45, 7) is 10.7. The molecule has 0 aromatic heterocycles. The Bertz CT molecular complexity index is 670. The van der Waals surface area contributed by atoms with Crippen molar-refractivity contribution in [1.82, 2.24) is 0 Å². The molecule has 2 nitrogen and oxygen atoms in total. The third-order valence-electron chi connectivity index (χ3n) is 3.65. The molecule has 0 heterocycles. The summed E-state index contributed by atoms with van der Waals surface area (Å²) in [7, 11) is 0. The molecule has 116 valence electrons. The van der Waals surface area contributed by atoms with E-state index in [0.717, 1.165) is 11.4 Å². The summed E-state index contributed by atoms with van der Waals surface area (Å²) in [4.78, 5) is 0. The molecule has 0 aliphatic carbocycles. The second-order valence-corrected chi connectivity index (χ2v) is 6.56. The van der Waals surface area contributed by atoms with Crippen LogP contribution in [-0.2, 0) is 0 Å². The number of hydrogen-bond donors (Lipinski definition) is 2. The molecule has 0 saturated carbocycles. The van der Waals surface area contributed by atoms with Crippen molar-refractivity contribution < 1.29 is 0 Å². The maximum absolute atomic E-state index is 5.49. The summed E-state index contributed by atoms with van der Waals surface area (Å²) in [6.07, 6.45) is 0. The highest BCUT2D eigenvalue weighted by molar-refractivity contribution is 7.80. The first-order valence-corrected chi connectivity index (χ1v) is 8.03. The predicted octanol–water partition coefficient (Wildman–Crippen LogP) is 5.54. The second kappa shape index (κ2) is 6.93. The minimum atomic E-state index is 0.450. The maximum Gasteiger partial charge on any atom is 0.175 e. The molecule has 2 aromatic carbocycles. The molecule has 0 fully saturated rings. The van der Waals surface area contributed by atoms with Crippen LogP contribution >= 0.6 is 12.2 Å². The standard InChI is InChI=1S/C19H24N2S/c1-12(2)17-8-6-7-15(5)18(17)21-19(22)20-16-10-13(3)9-14(4)11-16/h6-12H,1-5H3,(H2,20,21,22). The van der Waals surface area contributed by atoms with E-state index in [0.29, 0.717) is 11.0 Å². The van der Waals surface area contributed by atoms with E-state index in [9.17, 15) is 0 Å². The number of nitrogens with one attached hydrogen (secondary N) is 2. The zero-order chi connectivity index (χ0) is 16.3. The van der Waals surface area contributed by atoms with E-state index in [1.807, 2.05) is 0 Å². The van der Waals surface area contributed by atoms with Crippen molar-refractivity contribution >= 4 is 28.7 Å². The third kappa shape index (κ3) is 4.08. The van der Waals surface area contributed by atoms with Gasteiger partial charge in [0.05, 0.1) is 0 Å². The zero-order valence-electron chi connectivity index (χ0n) is 13.9. The molecule has 0 unspecified atom stereocenters. The van der Waals surface area contributed by atoms with Gasteiger partial charge in [0.1, 0.15) is 0 Å². The lowest BCUT2D eigenvalue weighted by Gasteiger charge is -2.18. The van der Waals surface area contributed by atoms with Crippen LogP contribution in [0.1, 0.15) is 42.0 Å². The van der Waals surface area contributed by atoms with Crippen LogP contribution in [0.5, 0.6) is 0 Å². The van der Waals surface area contributed by atoms with Crippen LogP contribution in [0.25, 0.3) is 0 Å². The monoisotopic (exact) mass is 312 g/mol. The Balaban J connectivity index is 2.19. The SMILES string of the molecule is Cc1cc(C)cc(NC(=S)Nc2c(C)cccc2C(C)C)c1. The molecule has 0 spiro atoms. The summed E-state index contributed by atoms with van der Waals surface area (Å²) in [6, 6.07) is 12.7. The average Bonchev–Trinajstić information content (AvgIpc) is 2.39. The van der Waals surface area contributed by atoms with Gasteiger partial charge in [0.15, 0.2) is 5.11 Å². The van der Waals surface area contributed by atoms with Crippen molar-refractivity contribution in [3.05, 3.63) is 58.7 Å². The molecule has 2 N–H and O–H groups in total. The molecule has 0 radical (unpaired) electrons. The minimum absolute atomic E-state index is 0.450. The van der Waals surface area contributed by atoms with Gasteiger partial charge >= 0.3 is 0 Å². The van der Waals surface area contributed by atoms with Gasteiger partial charge in [0.2, 0.25) is 0 Å². The summed E-state index contributed by atoms with van der Waals surface area (Å²) in [5, 5.41) is 7.28. The van der Waals surface area contributed by atoms with Gasteiger partial charge in [0, 0.05) is 11.4 Å². The van der Waals surface area contributed by atoms with Crippen molar-refractivity contribution in [2.75, 3.05) is 10.6 Å². The van der Waals surface area contributed by atoms with Crippen LogP contribution in [0.3, 0.4) is 0 Å². The van der Waals surface area contributed by atoms with Crippen molar-refractivity contribution in [3.63, 3.8) is 0 Å². The fourth-order valence-electron chi connectivity index (χ4n) is 2.67.